The highest BCUT2D eigenvalue weighted by molar-refractivity contribution is 5.87. The molecule has 2 atom stereocenters. The van der Waals surface area contributed by atoms with E-state index in [9.17, 15) is 14.7 Å². The molecule has 1 N–H and O–H groups in total. The molecule has 1 aromatic carbocycles. The second-order valence-corrected chi connectivity index (χ2v) is 5.40. The molecule has 1 saturated carbocycles. The first-order valence-corrected chi connectivity index (χ1v) is 6.79. The summed E-state index contributed by atoms with van der Waals surface area (Å²) >= 11 is 0. The maximum atomic E-state index is 12.1. The van der Waals surface area contributed by atoms with Gasteiger partial charge in [0.1, 0.15) is 5.75 Å². The summed E-state index contributed by atoms with van der Waals surface area (Å²) in [4.78, 5) is 25.4. The first kappa shape index (κ1) is 13.0. The van der Waals surface area contributed by atoms with Crippen molar-refractivity contribution in [3.05, 3.63) is 29.8 Å². The number of likely N-dealkylation sites (tertiary alicyclic amines) is 1. The lowest BCUT2D eigenvalue weighted by Crippen LogP contribution is -2.32. The van der Waals surface area contributed by atoms with Gasteiger partial charge >= 0.3 is 5.97 Å². The van der Waals surface area contributed by atoms with Gasteiger partial charge < -0.3 is 14.7 Å². The summed E-state index contributed by atoms with van der Waals surface area (Å²) in [6.45, 7) is 0. The van der Waals surface area contributed by atoms with Crippen LogP contribution in [0.1, 0.15) is 30.9 Å². The van der Waals surface area contributed by atoms with Crippen molar-refractivity contribution in [2.45, 2.75) is 31.3 Å². The van der Waals surface area contributed by atoms with Gasteiger partial charge in [-0.15, -0.1) is 0 Å². The molecule has 2 aliphatic rings. The number of nitrogens with zero attached hydrogens (tertiary/aromatic N) is 1. The molecule has 1 aliphatic carbocycles. The molecule has 1 aromatic rings. The van der Waals surface area contributed by atoms with Gasteiger partial charge in [0.25, 0.3) is 0 Å². The molecule has 3 rings (SSSR count). The molecule has 1 heterocycles. The van der Waals surface area contributed by atoms with Gasteiger partial charge in [0, 0.05) is 12.5 Å². The summed E-state index contributed by atoms with van der Waals surface area (Å²) in [7, 11) is 1.58. The molecule has 106 valence electrons. The minimum absolute atomic E-state index is 0.0484. The lowest BCUT2D eigenvalue weighted by molar-refractivity contribution is -0.142. The summed E-state index contributed by atoms with van der Waals surface area (Å²) in [5.41, 5.74) is 0.842. The second-order valence-electron chi connectivity index (χ2n) is 5.40. The molecule has 5 heteroatoms. The van der Waals surface area contributed by atoms with Crippen LogP contribution in [-0.2, 0) is 9.59 Å². The lowest BCUT2D eigenvalue weighted by atomic mass is 9.93. The van der Waals surface area contributed by atoms with Crippen molar-refractivity contribution in [2.24, 2.45) is 5.92 Å². The normalized spacial score (nSPS) is 25.9. The maximum absolute atomic E-state index is 12.1. The van der Waals surface area contributed by atoms with Crippen molar-refractivity contribution in [3.8, 4) is 5.75 Å². The van der Waals surface area contributed by atoms with E-state index < -0.39 is 11.9 Å². The van der Waals surface area contributed by atoms with E-state index in [-0.39, 0.29) is 24.4 Å². The fraction of sp³-hybridized carbons (Fsp3) is 0.467. The monoisotopic (exact) mass is 275 g/mol. The third kappa shape index (κ3) is 2.13. The van der Waals surface area contributed by atoms with Gasteiger partial charge in [-0.2, -0.15) is 0 Å². The number of amides is 1. The van der Waals surface area contributed by atoms with Crippen molar-refractivity contribution >= 4 is 11.9 Å². The highest BCUT2D eigenvalue weighted by atomic mass is 16.5. The molecule has 1 aliphatic heterocycles. The van der Waals surface area contributed by atoms with Crippen LogP contribution in [0.15, 0.2) is 24.3 Å². The predicted octanol–water partition coefficient (Wildman–Crippen LogP) is 1.83. The quantitative estimate of drug-likeness (QED) is 0.910. The third-order valence-electron chi connectivity index (χ3n) is 4.06. The summed E-state index contributed by atoms with van der Waals surface area (Å²) in [5, 5.41) is 9.40. The van der Waals surface area contributed by atoms with Crippen LogP contribution in [0.4, 0.5) is 0 Å². The van der Waals surface area contributed by atoms with Gasteiger partial charge in [-0.1, -0.05) is 12.1 Å². The second kappa shape index (κ2) is 4.81. The zero-order valence-corrected chi connectivity index (χ0v) is 11.3. The van der Waals surface area contributed by atoms with E-state index in [1.54, 1.807) is 12.0 Å². The Balaban J connectivity index is 2.00. The van der Waals surface area contributed by atoms with E-state index in [4.69, 9.17) is 4.74 Å². The van der Waals surface area contributed by atoms with Crippen molar-refractivity contribution in [2.75, 3.05) is 7.11 Å². The van der Waals surface area contributed by atoms with Gasteiger partial charge in [0.05, 0.1) is 19.1 Å². The van der Waals surface area contributed by atoms with Crippen LogP contribution in [0.2, 0.25) is 0 Å². The average Bonchev–Trinajstić information content (AvgIpc) is 3.21. The Hall–Kier alpha value is -2.04. The highest BCUT2D eigenvalue weighted by Crippen LogP contribution is 2.45. The molecule has 0 unspecified atom stereocenters. The zero-order chi connectivity index (χ0) is 14.3. The molecule has 0 radical (unpaired) electrons. The minimum atomic E-state index is -0.908. The molecular formula is C15H17NO4. The number of rotatable bonds is 4. The van der Waals surface area contributed by atoms with Gasteiger partial charge in [-0.3, -0.25) is 9.59 Å². The standard InChI is InChI=1S/C15H17NO4/c1-20-11-4-2-3-9(7-11)14-12(15(18)19)8-13(17)16(14)10-5-6-10/h2-4,7,10,12,14H,5-6,8H2,1H3,(H,18,19)/t12-,14-/m1/s1. The largest absolute Gasteiger partial charge is 0.497 e. The number of benzene rings is 1. The number of hydrogen-bond donors (Lipinski definition) is 1. The fourth-order valence-electron chi connectivity index (χ4n) is 2.98. The van der Waals surface area contributed by atoms with Crippen molar-refractivity contribution < 1.29 is 19.4 Å². The van der Waals surface area contributed by atoms with Crippen molar-refractivity contribution in [1.29, 1.82) is 0 Å². The molecule has 0 bridgehead atoms. The van der Waals surface area contributed by atoms with Crippen LogP contribution in [0.5, 0.6) is 5.75 Å². The van der Waals surface area contributed by atoms with Crippen LogP contribution in [0.3, 0.4) is 0 Å². The zero-order valence-electron chi connectivity index (χ0n) is 11.3. The Morgan fingerprint density at radius 3 is 2.75 bits per heavy atom. The number of carboxylic acids is 1. The highest BCUT2D eigenvalue weighted by Gasteiger charge is 2.49. The molecule has 0 spiro atoms. The summed E-state index contributed by atoms with van der Waals surface area (Å²) in [6.07, 6.45) is 2.03. The molecule has 1 amide bonds. The Morgan fingerprint density at radius 2 is 2.15 bits per heavy atom. The molecule has 20 heavy (non-hydrogen) atoms. The van der Waals surface area contributed by atoms with E-state index in [0.29, 0.717) is 5.75 Å². The molecule has 5 nitrogen and oxygen atoms in total. The molecule has 2 fully saturated rings. The van der Waals surface area contributed by atoms with Gasteiger partial charge in [-0.25, -0.2) is 0 Å². The Kier molecular flexibility index (Phi) is 3.12. The van der Waals surface area contributed by atoms with E-state index in [2.05, 4.69) is 0 Å². The number of carbonyl (C=O) groups excluding carboxylic acids is 1. The van der Waals surface area contributed by atoms with Crippen molar-refractivity contribution in [3.63, 3.8) is 0 Å². The third-order valence-corrected chi connectivity index (χ3v) is 4.06. The van der Waals surface area contributed by atoms with E-state index in [1.165, 1.54) is 0 Å². The van der Waals surface area contributed by atoms with Gasteiger partial charge in [0.15, 0.2) is 0 Å². The predicted molar refractivity (Wildman–Crippen MR) is 71.3 cm³/mol. The maximum Gasteiger partial charge on any atom is 0.309 e. The number of ether oxygens (including phenoxy) is 1. The van der Waals surface area contributed by atoms with E-state index in [0.717, 1.165) is 18.4 Å². The average molecular weight is 275 g/mol. The molecule has 0 aromatic heterocycles. The Morgan fingerprint density at radius 1 is 1.40 bits per heavy atom. The smallest absolute Gasteiger partial charge is 0.309 e. The van der Waals surface area contributed by atoms with Crippen LogP contribution in [0.25, 0.3) is 0 Å². The topological polar surface area (TPSA) is 66.8 Å². The number of carbonyl (C=O) groups is 2. The van der Waals surface area contributed by atoms with Crippen molar-refractivity contribution in [1.82, 2.24) is 4.90 Å². The fourth-order valence-corrected chi connectivity index (χ4v) is 2.98. The first-order valence-electron chi connectivity index (χ1n) is 6.79. The first-order chi connectivity index (χ1) is 9.61. The van der Waals surface area contributed by atoms with E-state index >= 15 is 0 Å². The van der Waals surface area contributed by atoms with Gasteiger partial charge in [0.2, 0.25) is 5.91 Å². The number of carboxylic acid groups (broad SMARTS) is 1. The molecule has 1 saturated heterocycles. The lowest BCUT2D eigenvalue weighted by Gasteiger charge is -2.27. The Labute approximate surface area is 117 Å². The van der Waals surface area contributed by atoms with E-state index in [1.807, 2.05) is 24.3 Å². The summed E-state index contributed by atoms with van der Waals surface area (Å²) in [5.74, 6) is -0.945. The van der Waals surface area contributed by atoms with Crippen LogP contribution in [-0.4, -0.2) is 35.0 Å². The summed E-state index contributed by atoms with van der Waals surface area (Å²) < 4.78 is 5.20. The molecular weight excluding hydrogens is 258 g/mol. The van der Waals surface area contributed by atoms with Crippen LogP contribution >= 0.6 is 0 Å². The van der Waals surface area contributed by atoms with Crippen LogP contribution in [0, 0.1) is 5.92 Å². The van der Waals surface area contributed by atoms with Gasteiger partial charge in [-0.05, 0) is 30.5 Å². The minimum Gasteiger partial charge on any atom is -0.497 e. The number of hydrogen-bond acceptors (Lipinski definition) is 3. The summed E-state index contributed by atoms with van der Waals surface area (Å²) in [6, 6.07) is 7.19. The SMILES string of the molecule is COc1cccc([C@@H]2[C@H](C(=O)O)CC(=O)N2C2CC2)c1. The van der Waals surface area contributed by atoms with Crippen LogP contribution < -0.4 is 4.74 Å². The Bertz CT molecular complexity index is 553. The number of aliphatic carboxylic acids is 1. The number of methoxy groups -OCH3 is 1.